The molecule has 1 aromatic carbocycles. The number of halogens is 2. The van der Waals surface area contributed by atoms with Gasteiger partial charge in [0.15, 0.2) is 0 Å². The monoisotopic (exact) mass is 264 g/mol. The van der Waals surface area contributed by atoms with E-state index in [1.165, 1.54) is 31.2 Å². The van der Waals surface area contributed by atoms with E-state index in [0.29, 0.717) is 18.8 Å². The van der Waals surface area contributed by atoms with Crippen LogP contribution in [0.25, 0.3) is 0 Å². The quantitative estimate of drug-likeness (QED) is 0.655. The summed E-state index contributed by atoms with van der Waals surface area (Å²) in [7, 11) is 0. The lowest BCUT2D eigenvalue weighted by Crippen LogP contribution is -2.10. The predicted octanol–water partition coefficient (Wildman–Crippen LogP) is 5.69. The Kier molecular flexibility index (Phi) is 5.12. The maximum atomic E-state index is 11.9. The van der Waals surface area contributed by atoms with Crippen molar-refractivity contribution in [2.75, 3.05) is 0 Å². The summed E-state index contributed by atoms with van der Waals surface area (Å²) in [6, 6.07) is 8.56. The van der Waals surface area contributed by atoms with Crippen LogP contribution in [-0.2, 0) is 6.42 Å². The normalized spacial score (nSPS) is 23.1. The fourth-order valence-corrected chi connectivity index (χ4v) is 2.90. The summed E-state index contributed by atoms with van der Waals surface area (Å²) < 4.78 is 23.9. The van der Waals surface area contributed by atoms with Gasteiger partial charge in [0.05, 0.1) is 0 Å². The molecule has 0 nitrogen and oxygen atoms in total. The van der Waals surface area contributed by atoms with Crippen LogP contribution in [0.15, 0.2) is 36.4 Å². The van der Waals surface area contributed by atoms with Crippen molar-refractivity contribution >= 4 is 0 Å². The molecule has 0 spiro atoms. The highest BCUT2D eigenvalue weighted by Gasteiger charge is 2.19. The molecule has 1 saturated carbocycles. The third kappa shape index (κ3) is 4.45. The molecule has 2 rings (SSSR count). The SMILES string of the molecule is C[C@H]1CC[C@H](c2ccc(CCC=C(F)F)cc2)CC1. The van der Waals surface area contributed by atoms with E-state index in [4.69, 9.17) is 0 Å². The standard InChI is InChI=1S/C17H22F2/c1-13-5-9-15(10-6-13)16-11-7-14(8-12-16)3-2-4-17(18)19/h4,7-8,11-13,15H,2-3,5-6,9-10H2,1H3/t13-,15-. The van der Waals surface area contributed by atoms with Crippen LogP contribution in [0.1, 0.15) is 56.1 Å². The molecule has 1 aliphatic rings. The lowest BCUT2D eigenvalue weighted by molar-refractivity contribution is 0.348. The first-order chi connectivity index (χ1) is 9.15. The molecule has 0 heterocycles. The van der Waals surface area contributed by atoms with Crippen molar-refractivity contribution in [2.24, 2.45) is 5.92 Å². The van der Waals surface area contributed by atoms with E-state index in [2.05, 4.69) is 31.2 Å². The first-order valence-corrected chi connectivity index (χ1v) is 7.25. The van der Waals surface area contributed by atoms with Crippen molar-refractivity contribution in [3.05, 3.63) is 47.5 Å². The van der Waals surface area contributed by atoms with Crippen LogP contribution in [0.5, 0.6) is 0 Å². The Morgan fingerprint density at radius 3 is 2.32 bits per heavy atom. The van der Waals surface area contributed by atoms with E-state index in [1.807, 2.05) is 0 Å². The molecule has 0 unspecified atom stereocenters. The van der Waals surface area contributed by atoms with E-state index in [-0.39, 0.29) is 0 Å². The Morgan fingerprint density at radius 1 is 1.11 bits per heavy atom. The molecule has 0 aliphatic heterocycles. The second-order valence-electron chi connectivity index (χ2n) is 5.73. The molecule has 0 bridgehead atoms. The van der Waals surface area contributed by atoms with Gasteiger partial charge in [0.25, 0.3) is 6.08 Å². The van der Waals surface area contributed by atoms with Gasteiger partial charge in [-0.1, -0.05) is 44.0 Å². The third-order valence-electron chi connectivity index (χ3n) is 4.20. The Hall–Kier alpha value is -1.18. The molecule has 0 radical (unpaired) electrons. The molecular formula is C17H22F2. The summed E-state index contributed by atoms with van der Waals surface area (Å²) >= 11 is 0. The maximum Gasteiger partial charge on any atom is 0.266 e. The van der Waals surface area contributed by atoms with Gasteiger partial charge in [0.2, 0.25) is 0 Å². The van der Waals surface area contributed by atoms with E-state index in [9.17, 15) is 8.78 Å². The van der Waals surface area contributed by atoms with Gasteiger partial charge in [0, 0.05) is 0 Å². The minimum atomic E-state index is -1.58. The van der Waals surface area contributed by atoms with E-state index in [1.54, 1.807) is 0 Å². The summed E-state index contributed by atoms with van der Waals surface area (Å²) in [6.45, 7) is 2.33. The smallest absolute Gasteiger partial charge is 0.174 e. The number of hydrogen-bond acceptors (Lipinski definition) is 0. The summed E-state index contributed by atoms with van der Waals surface area (Å²) in [4.78, 5) is 0. The van der Waals surface area contributed by atoms with Gasteiger partial charge in [-0.2, -0.15) is 8.78 Å². The van der Waals surface area contributed by atoms with Crippen molar-refractivity contribution in [1.29, 1.82) is 0 Å². The average molecular weight is 264 g/mol. The highest BCUT2D eigenvalue weighted by atomic mass is 19.3. The Labute approximate surface area is 114 Å². The first-order valence-electron chi connectivity index (χ1n) is 7.25. The van der Waals surface area contributed by atoms with Gasteiger partial charge in [-0.05, 0) is 54.7 Å². The minimum Gasteiger partial charge on any atom is -0.174 e. The highest BCUT2D eigenvalue weighted by Crippen LogP contribution is 2.35. The average Bonchev–Trinajstić information content (AvgIpc) is 2.40. The van der Waals surface area contributed by atoms with E-state index < -0.39 is 6.08 Å². The first kappa shape index (κ1) is 14.2. The topological polar surface area (TPSA) is 0 Å². The van der Waals surface area contributed by atoms with Crippen molar-refractivity contribution in [2.45, 2.75) is 51.4 Å². The van der Waals surface area contributed by atoms with Crippen molar-refractivity contribution in [1.82, 2.24) is 0 Å². The molecular weight excluding hydrogens is 242 g/mol. The summed E-state index contributed by atoms with van der Waals surface area (Å²) in [5, 5.41) is 0. The molecule has 1 fully saturated rings. The molecule has 0 amide bonds. The number of rotatable bonds is 4. The Bertz CT molecular complexity index is 407. The van der Waals surface area contributed by atoms with Crippen LogP contribution in [0.4, 0.5) is 8.78 Å². The van der Waals surface area contributed by atoms with Gasteiger partial charge in [0.1, 0.15) is 0 Å². The van der Waals surface area contributed by atoms with Crippen LogP contribution in [0, 0.1) is 5.92 Å². The van der Waals surface area contributed by atoms with Crippen molar-refractivity contribution in [3.63, 3.8) is 0 Å². The number of benzene rings is 1. The second-order valence-corrected chi connectivity index (χ2v) is 5.73. The zero-order chi connectivity index (χ0) is 13.7. The van der Waals surface area contributed by atoms with Gasteiger partial charge in [-0.15, -0.1) is 0 Å². The van der Waals surface area contributed by atoms with E-state index >= 15 is 0 Å². The fourth-order valence-electron chi connectivity index (χ4n) is 2.90. The van der Waals surface area contributed by atoms with Crippen molar-refractivity contribution < 1.29 is 8.78 Å². The third-order valence-corrected chi connectivity index (χ3v) is 4.20. The lowest BCUT2D eigenvalue weighted by Gasteiger charge is -2.26. The zero-order valence-corrected chi connectivity index (χ0v) is 11.5. The minimum absolute atomic E-state index is 0.419. The zero-order valence-electron chi connectivity index (χ0n) is 11.5. The number of aryl methyl sites for hydroxylation is 1. The molecule has 0 N–H and O–H groups in total. The van der Waals surface area contributed by atoms with Crippen LogP contribution < -0.4 is 0 Å². The summed E-state index contributed by atoms with van der Waals surface area (Å²) in [5.74, 6) is 1.58. The fraction of sp³-hybridized carbons (Fsp3) is 0.529. The molecule has 1 aromatic rings. The summed E-state index contributed by atoms with van der Waals surface area (Å²) in [6.07, 6.45) is 5.76. The van der Waals surface area contributed by atoms with Crippen molar-refractivity contribution in [3.8, 4) is 0 Å². The molecule has 2 heteroatoms. The molecule has 1 aliphatic carbocycles. The molecule has 0 saturated heterocycles. The van der Waals surface area contributed by atoms with Crippen LogP contribution in [-0.4, -0.2) is 0 Å². The van der Waals surface area contributed by atoms with E-state index in [0.717, 1.165) is 17.6 Å². The van der Waals surface area contributed by atoms with Gasteiger partial charge in [-0.3, -0.25) is 0 Å². The highest BCUT2D eigenvalue weighted by molar-refractivity contribution is 5.26. The molecule has 104 valence electrons. The Morgan fingerprint density at radius 2 is 1.74 bits per heavy atom. The van der Waals surface area contributed by atoms with Gasteiger partial charge < -0.3 is 0 Å². The number of allylic oxidation sites excluding steroid dienone is 1. The maximum absolute atomic E-state index is 11.9. The molecule has 19 heavy (non-hydrogen) atoms. The summed E-state index contributed by atoms with van der Waals surface area (Å²) in [5.41, 5.74) is 2.56. The predicted molar refractivity (Wildman–Crippen MR) is 75.4 cm³/mol. The lowest BCUT2D eigenvalue weighted by atomic mass is 9.79. The van der Waals surface area contributed by atoms with Gasteiger partial charge in [-0.25, -0.2) is 0 Å². The Balaban J connectivity index is 1.89. The van der Waals surface area contributed by atoms with Gasteiger partial charge >= 0.3 is 0 Å². The number of hydrogen-bond donors (Lipinski definition) is 0. The molecule has 0 aromatic heterocycles. The van der Waals surface area contributed by atoms with Crippen LogP contribution >= 0.6 is 0 Å². The van der Waals surface area contributed by atoms with Crippen LogP contribution in [0.3, 0.4) is 0 Å². The largest absolute Gasteiger partial charge is 0.266 e. The molecule has 0 atom stereocenters. The second kappa shape index (κ2) is 6.83. The van der Waals surface area contributed by atoms with Crippen LogP contribution in [0.2, 0.25) is 0 Å².